The van der Waals surface area contributed by atoms with Crippen molar-refractivity contribution >= 4 is 11.6 Å². The molecule has 1 rings (SSSR count). The quantitative estimate of drug-likeness (QED) is 0.648. The number of rotatable bonds is 4. The largest absolute Gasteiger partial charge is 0.351 e. The van der Waals surface area contributed by atoms with Crippen molar-refractivity contribution in [3.63, 3.8) is 0 Å². The number of nitro groups is 1. The van der Waals surface area contributed by atoms with Crippen molar-refractivity contribution in [1.29, 1.82) is 5.26 Å². The summed E-state index contributed by atoms with van der Waals surface area (Å²) in [6.45, 7) is 3.58. The van der Waals surface area contributed by atoms with Gasteiger partial charge in [-0.3, -0.25) is 14.9 Å². The van der Waals surface area contributed by atoms with Gasteiger partial charge >= 0.3 is 0 Å². The molecule has 6 heteroatoms. The molecule has 0 spiro atoms. The van der Waals surface area contributed by atoms with Gasteiger partial charge < -0.3 is 5.32 Å². The molecule has 0 heterocycles. The van der Waals surface area contributed by atoms with Crippen LogP contribution in [0.1, 0.15) is 22.8 Å². The Morgan fingerprint density at radius 1 is 1.56 bits per heavy atom. The first-order chi connectivity index (χ1) is 8.43. The molecule has 1 unspecified atom stereocenters. The van der Waals surface area contributed by atoms with E-state index >= 15 is 0 Å². The predicted octanol–water partition coefficient (Wildman–Crippen LogP) is 1.79. The van der Waals surface area contributed by atoms with Gasteiger partial charge in [-0.1, -0.05) is 0 Å². The first kappa shape index (κ1) is 13.6. The lowest BCUT2D eigenvalue weighted by Crippen LogP contribution is -2.27. The van der Waals surface area contributed by atoms with Crippen molar-refractivity contribution in [1.82, 2.24) is 5.32 Å². The zero-order chi connectivity index (χ0) is 13.7. The smallest absolute Gasteiger partial charge is 0.270 e. The standard InChI is InChI=1S/C12H13N3O3/c1-8-3-10(5-11(4-8)15(17)18)12(16)14-7-9(2)6-13/h3-5,9H,7H2,1-2H3,(H,14,16). The molecule has 0 aliphatic rings. The zero-order valence-electron chi connectivity index (χ0n) is 10.1. The number of nitrogens with one attached hydrogen (secondary N) is 1. The van der Waals surface area contributed by atoms with Crippen LogP contribution in [-0.4, -0.2) is 17.4 Å². The minimum Gasteiger partial charge on any atom is -0.351 e. The molecule has 0 aliphatic heterocycles. The maximum atomic E-state index is 11.7. The lowest BCUT2D eigenvalue weighted by Gasteiger charge is -2.06. The molecule has 0 bridgehead atoms. The van der Waals surface area contributed by atoms with Crippen molar-refractivity contribution in [3.05, 3.63) is 39.4 Å². The van der Waals surface area contributed by atoms with E-state index in [1.54, 1.807) is 19.9 Å². The van der Waals surface area contributed by atoms with Crippen LogP contribution in [-0.2, 0) is 0 Å². The van der Waals surface area contributed by atoms with Crippen molar-refractivity contribution in [2.75, 3.05) is 6.54 Å². The molecule has 94 valence electrons. The van der Waals surface area contributed by atoms with E-state index in [0.29, 0.717) is 5.56 Å². The molecule has 0 saturated carbocycles. The molecule has 6 nitrogen and oxygen atoms in total. The van der Waals surface area contributed by atoms with E-state index in [1.165, 1.54) is 12.1 Å². The summed E-state index contributed by atoms with van der Waals surface area (Å²) in [7, 11) is 0. The summed E-state index contributed by atoms with van der Waals surface area (Å²) in [5.41, 5.74) is 0.753. The average Bonchev–Trinajstić information content (AvgIpc) is 2.34. The highest BCUT2D eigenvalue weighted by Gasteiger charge is 2.13. The monoisotopic (exact) mass is 247 g/mol. The van der Waals surface area contributed by atoms with Gasteiger partial charge in [-0.2, -0.15) is 5.26 Å². The maximum absolute atomic E-state index is 11.7. The van der Waals surface area contributed by atoms with Gasteiger partial charge in [0.1, 0.15) is 0 Å². The zero-order valence-corrected chi connectivity index (χ0v) is 10.1. The molecule has 1 aromatic carbocycles. The number of nitrogens with zero attached hydrogens (tertiary/aromatic N) is 2. The van der Waals surface area contributed by atoms with E-state index in [2.05, 4.69) is 5.32 Å². The number of hydrogen-bond donors (Lipinski definition) is 1. The Bertz CT molecular complexity index is 520. The Morgan fingerprint density at radius 2 is 2.22 bits per heavy atom. The van der Waals surface area contributed by atoms with Crippen LogP contribution in [0, 0.1) is 34.3 Å². The summed E-state index contributed by atoms with van der Waals surface area (Å²) in [6, 6.07) is 6.18. The summed E-state index contributed by atoms with van der Waals surface area (Å²) >= 11 is 0. The minimum absolute atomic E-state index is 0.117. The van der Waals surface area contributed by atoms with Gasteiger partial charge in [0.25, 0.3) is 11.6 Å². The fraction of sp³-hybridized carbons (Fsp3) is 0.333. The molecule has 1 aromatic rings. The number of amides is 1. The predicted molar refractivity (Wildman–Crippen MR) is 64.9 cm³/mol. The van der Waals surface area contributed by atoms with Crippen molar-refractivity contribution in [2.45, 2.75) is 13.8 Å². The lowest BCUT2D eigenvalue weighted by atomic mass is 10.1. The summed E-state index contributed by atoms with van der Waals surface area (Å²) in [4.78, 5) is 21.9. The Kier molecular flexibility index (Phi) is 4.38. The third-order valence-corrected chi connectivity index (χ3v) is 2.32. The van der Waals surface area contributed by atoms with Gasteiger partial charge in [-0.15, -0.1) is 0 Å². The minimum atomic E-state index is -0.540. The number of benzene rings is 1. The fourth-order valence-corrected chi connectivity index (χ4v) is 1.39. The van der Waals surface area contributed by atoms with Gasteiger partial charge in [-0.05, 0) is 25.5 Å². The fourth-order valence-electron chi connectivity index (χ4n) is 1.39. The van der Waals surface area contributed by atoms with Crippen LogP contribution in [0.15, 0.2) is 18.2 Å². The van der Waals surface area contributed by atoms with Gasteiger partial charge in [0.15, 0.2) is 0 Å². The Morgan fingerprint density at radius 3 is 2.78 bits per heavy atom. The lowest BCUT2D eigenvalue weighted by molar-refractivity contribution is -0.384. The number of non-ortho nitro benzene ring substituents is 1. The van der Waals surface area contributed by atoms with Crippen LogP contribution >= 0.6 is 0 Å². The number of hydrogen-bond acceptors (Lipinski definition) is 4. The van der Waals surface area contributed by atoms with Crippen LogP contribution in [0.2, 0.25) is 0 Å². The number of carbonyl (C=O) groups excluding carboxylic acids is 1. The Labute approximate surface area is 104 Å². The Hall–Kier alpha value is -2.42. The van der Waals surface area contributed by atoms with Gasteiger partial charge in [0.2, 0.25) is 0 Å². The van der Waals surface area contributed by atoms with Crippen LogP contribution in [0.3, 0.4) is 0 Å². The highest BCUT2D eigenvalue weighted by Crippen LogP contribution is 2.16. The number of nitro benzene ring substituents is 1. The third-order valence-electron chi connectivity index (χ3n) is 2.32. The molecular formula is C12H13N3O3. The van der Waals surface area contributed by atoms with Crippen LogP contribution in [0.25, 0.3) is 0 Å². The van der Waals surface area contributed by atoms with Crippen LogP contribution in [0.4, 0.5) is 5.69 Å². The number of aryl methyl sites for hydroxylation is 1. The second-order valence-corrected chi connectivity index (χ2v) is 4.05. The first-order valence-corrected chi connectivity index (χ1v) is 5.38. The molecule has 0 radical (unpaired) electrons. The highest BCUT2D eigenvalue weighted by atomic mass is 16.6. The van der Waals surface area contributed by atoms with E-state index in [9.17, 15) is 14.9 Å². The van der Waals surface area contributed by atoms with Gasteiger partial charge in [0.05, 0.1) is 16.9 Å². The van der Waals surface area contributed by atoms with Crippen molar-refractivity contribution in [3.8, 4) is 6.07 Å². The van der Waals surface area contributed by atoms with E-state index in [-0.39, 0.29) is 23.7 Å². The third kappa shape index (κ3) is 3.56. The van der Waals surface area contributed by atoms with Gasteiger partial charge in [0, 0.05) is 24.2 Å². The van der Waals surface area contributed by atoms with Crippen molar-refractivity contribution in [2.24, 2.45) is 5.92 Å². The first-order valence-electron chi connectivity index (χ1n) is 5.38. The molecule has 0 saturated heterocycles. The number of nitriles is 1. The number of carbonyl (C=O) groups is 1. The molecule has 0 aromatic heterocycles. The molecule has 18 heavy (non-hydrogen) atoms. The summed E-state index contributed by atoms with van der Waals surface area (Å²) < 4.78 is 0. The maximum Gasteiger partial charge on any atom is 0.270 e. The molecular weight excluding hydrogens is 234 g/mol. The second kappa shape index (κ2) is 5.77. The average molecular weight is 247 g/mol. The molecule has 1 N–H and O–H groups in total. The highest BCUT2D eigenvalue weighted by molar-refractivity contribution is 5.95. The Balaban J connectivity index is 2.86. The van der Waals surface area contributed by atoms with Gasteiger partial charge in [-0.25, -0.2) is 0 Å². The van der Waals surface area contributed by atoms with Crippen LogP contribution in [0.5, 0.6) is 0 Å². The molecule has 0 aliphatic carbocycles. The molecule has 0 fully saturated rings. The topological polar surface area (TPSA) is 96.0 Å². The van der Waals surface area contributed by atoms with E-state index < -0.39 is 10.8 Å². The summed E-state index contributed by atoms with van der Waals surface area (Å²) in [6.07, 6.45) is 0. The van der Waals surface area contributed by atoms with E-state index in [1.807, 2.05) is 6.07 Å². The van der Waals surface area contributed by atoms with E-state index in [4.69, 9.17) is 5.26 Å². The normalized spacial score (nSPS) is 11.4. The SMILES string of the molecule is Cc1cc(C(=O)NCC(C)C#N)cc([N+](=O)[O-])c1. The van der Waals surface area contributed by atoms with Crippen molar-refractivity contribution < 1.29 is 9.72 Å². The second-order valence-electron chi connectivity index (χ2n) is 4.05. The molecule has 1 amide bonds. The molecule has 1 atom stereocenters. The van der Waals surface area contributed by atoms with Crippen LogP contribution < -0.4 is 5.32 Å². The summed E-state index contributed by atoms with van der Waals surface area (Å²) in [5.74, 6) is -0.711. The van der Waals surface area contributed by atoms with E-state index in [0.717, 1.165) is 0 Å². The summed E-state index contributed by atoms with van der Waals surface area (Å²) in [5, 5.41) is 21.8.